The maximum absolute atomic E-state index is 9.14. The minimum Gasteiger partial charge on any atom is -0.392 e. The van der Waals surface area contributed by atoms with Crippen molar-refractivity contribution in [1.82, 2.24) is 0 Å². The lowest BCUT2D eigenvalue weighted by atomic mass is 10.1. The Labute approximate surface area is 94.5 Å². The molecule has 0 fully saturated rings. The zero-order valence-corrected chi connectivity index (χ0v) is 10.1. The summed E-state index contributed by atoms with van der Waals surface area (Å²) in [6.45, 7) is 2.24. The van der Waals surface area contributed by atoms with E-state index in [-0.39, 0.29) is 6.61 Å². The Kier molecular flexibility index (Phi) is 2.58. The van der Waals surface area contributed by atoms with Crippen molar-refractivity contribution in [1.29, 1.82) is 0 Å². The molecular formula is C10H9IOS. The first kappa shape index (κ1) is 9.43. The van der Waals surface area contributed by atoms with Gasteiger partial charge in [0, 0.05) is 8.27 Å². The lowest BCUT2D eigenvalue weighted by molar-refractivity contribution is 0.281. The van der Waals surface area contributed by atoms with Crippen LogP contribution in [0.4, 0.5) is 0 Å². The van der Waals surface area contributed by atoms with Gasteiger partial charge >= 0.3 is 0 Å². The molecule has 68 valence electrons. The van der Waals surface area contributed by atoms with Crippen LogP contribution in [0.2, 0.25) is 0 Å². The average Bonchev–Trinajstić information content (AvgIpc) is 2.59. The molecular weight excluding hydrogens is 295 g/mol. The molecule has 2 rings (SSSR count). The predicted octanol–water partition coefficient (Wildman–Crippen LogP) is 3.31. The van der Waals surface area contributed by atoms with Crippen LogP contribution in [0, 0.1) is 10.5 Å². The zero-order valence-electron chi connectivity index (χ0n) is 7.17. The molecule has 0 radical (unpaired) electrons. The van der Waals surface area contributed by atoms with Crippen molar-refractivity contribution in [2.45, 2.75) is 13.5 Å². The van der Waals surface area contributed by atoms with Crippen LogP contribution in [0.1, 0.15) is 11.1 Å². The smallest absolute Gasteiger partial charge is 0.0692 e. The highest BCUT2D eigenvalue weighted by molar-refractivity contribution is 14.1. The fourth-order valence-corrected chi connectivity index (χ4v) is 3.12. The first-order chi connectivity index (χ1) is 6.24. The number of rotatable bonds is 1. The van der Waals surface area contributed by atoms with Crippen molar-refractivity contribution in [2.75, 3.05) is 0 Å². The van der Waals surface area contributed by atoms with Crippen molar-refractivity contribution in [3.05, 3.63) is 32.2 Å². The Bertz CT molecular complexity index is 447. The molecule has 1 N–H and O–H groups in total. The number of aliphatic hydroxyl groups is 1. The Morgan fingerprint density at radius 3 is 3.00 bits per heavy atom. The van der Waals surface area contributed by atoms with E-state index in [0.29, 0.717) is 0 Å². The summed E-state index contributed by atoms with van der Waals surface area (Å²) in [6.07, 6.45) is 0. The van der Waals surface area contributed by atoms with E-state index in [1.807, 2.05) is 0 Å². The van der Waals surface area contributed by atoms with Gasteiger partial charge in [0.2, 0.25) is 0 Å². The van der Waals surface area contributed by atoms with Gasteiger partial charge in [-0.3, -0.25) is 0 Å². The van der Waals surface area contributed by atoms with Crippen molar-refractivity contribution in [2.24, 2.45) is 0 Å². The fraction of sp³-hybridized carbons (Fsp3) is 0.200. The van der Waals surface area contributed by atoms with Gasteiger partial charge in [-0.2, -0.15) is 0 Å². The van der Waals surface area contributed by atoms with Crippen molar-refractivity contribution in [3.8, 4) is 0 Å². The molecule has 1 aromatic carbocycles. The molecule has 3 heteroatoms. The van der Waals surface area contributed by atoms with Gasteiger partial charge in [-0.1, -0.05) is 0 Å². The minimum absolute atomic E-state index is 0.130. The van der Waals surface area contributed by atoms with Gasteiger partial charge in [0.1, 0.15) is 0 Å². The van der Waals surface area contributed by atoms with E-state index in [1.165, 1.54) is 19.2 Å². The largest absolute Gasteiger partial charge is 0.392 e. The molecule has 0 aliphatic rings. The Hall–Kier alpha value is -0.130. The molecule has 2 aromatic rings. The van der Waals surface area contributed by atoms with E-state index in [9.17, 15) is 0 Å². The summed E-state index contributed by atoms with van der Waals surface area (Å²) in [7, 11) is 0. The van der Waals surface area contributed by atoms with E-state index in [1.54, 1.807) is 11.3 Å². The van der Waals surface area contributed by atoms with Crippen LogP contribution < -0.4 is 0 Å². The molecule has 0 saturated heterocycles. The molecule has 1 aromatic heterocycles. The number of fused-ring (bicyclic) bond motifs is 1. The molecule has 1 nitrogen and oxygen atoms in total. The minimum atomic E-state index is 0.130. The third-order valence-corrected chi connectivity index (χ3v) is 4.70. The maximum Gasteiger partial charge on any atom is 0.0692 e. The summed E-state index contributed by atoms with van der Waals surface area (Å²) >= 11 is 4.06. The molecule has 0 spiro atoms. The number of benzene rings is 1. The van der Waals surface area contributed by atoms with E-state index < -0.39 is 0 Å². The normalized spacial score (nSPS) is 11.0. The number of halogens is 1. The second-order valence-electron chi connectivity index (χ2n) is 2.97. The van der Waals surface area contributed by atoms with Crippen LogP contribution >= 0.6 is 33.9 Å². The van der Waals surface area contributed by atoms with Gasteiger partial charge in [0.25, 0.3) is 0 Å². The summed E-state index contributed by atoms with van der Waals surface area (Å²) in [5, 5.41) is 12.5. The molecule has 0 amide bonds. The molecule has 0 bridgehead atoms. The highest BCUT2D eigenvalue weighted by atomic mass is 127. The van der Waals surface area contributed by atoms with Crippen LogP contribution in [-0.2, 0) is 6.61 Å². The van der Waals surface area contributed by atoms with Crippen LogP contribution in [0.3, 0.4) is 0 Å². The Morgan fingerprint density at radius 2 is 2.31 bits per heavy atom. The zero-order chi connectivity index (χ0) is 9.42. The number of hydrogen-bond donors (Lipinski definition) is 1. The average molecular weight is 304 g/mol. The van der Waals surface area contributed by atoms with Gasteiger partial charge in [0.05, 0.1) is 6.61 Å². The van der Waals surface area contributed by atoms with Gasteiger partial charge in [0.15, 0.2) is 0 Å². The maximum atomic E-state index is 9.14. The Morgan fingerprint density at radius 1 is 1.54 bits per heavy atom. The molecule has 0 unspecified atom stereocenters. The summed E-state index contributed by atoms with van der Waals surface area (Å²) in [4.78, 5) is 0. The van der Waals surface area contributed by atoms with E-state index in [0.717, 1.165) is 5.56 Å². The highest BCUT2D eigenvalue weighted by Gasteiger charge is 2.07. The molecule has 0 atom stereocenters. The second-order valence-corrected chi connectivity index (χ2v) is 4.97. The van der Waals surface area contributed by atoms with Crippen molar-refractivity contribution < 1.29 is 5.11 Å². The van der Waals surface area contributed by atoms with E-state index in [4.69, 9.17) is 5.11 Å². The van der Waals surface area contributed by atoms with Crippen molar-refractivity contribution >= 4 is 44.0 Å². The molecule has 0 saturated carbocycles. The molecule has 0 aliphatic heterocycles. The lowest BCUT2D eigenvalue weighted by Crippen LogP contribution is -1.91. The number of thiophene rings is 1. The first-order valence-corrected chi connectivity index (χ1v) is 5.96. The summed E-state index contributed by atoms with van der Waals surface area (Å²) < 4.78 is 2.52. The predicted molar refractivity (Wildman–Crippen MR) is 65.2 cm³/mol. The summed E-state index contributed by atoms with van der Waals surface area (Å²) in [5.41, 5.74) is 2.32. The standard InChI is InChI=1S/C10H9IOS/c1-6-9(11)8(5-12)4-7-2-3-13-10(6)7/h2-4,12H,5H2,1H3. The van der Waals surface area contributed by atoms with E-state index >= 15 is 0 Å². The fourth-order valence-electron chi connectivity index (χ4n) is 1.44. The van der Waals surface area contributed by atoms with Gasteiger partial charge < -0.3 is 5.11 Å². The number of aliphatic hydroxyl groups excluding tert-OH is 1. The molecule has 13 heavy (non-hydrogen) atoms. The lowest BCUT2D eigenvalue weighted by Gasteiger charge is -2.05. The first-order valence-electron chi connectivity index (χ1n) is 4.00. The van der Waals surface area contributed by atoms with Crippen LogP contribution in [0.5, 0.6) is 0 Å². The molecule has 0 aliphatic carbocycles. The third-order valence-electron chi connectivity index (χ3n) is 2.15. The van der Waals surface area contributed by atoms with E-state index in [2.05, 4.69) is 47.0 Å². The topological polar surface area (TPSA) is 20.2 Å². The van der Waals surface area contributed by atoms with Gasteiger partial charge in [-0.05, 0) is 63.5 Å². The van der Waals surface area contributed by atoms with Crippen LogP contribution in [-0.4, -0.2) is 5.11 Å². The number of aryl methyl sites for hydroxylation is 1. The highest BCUT2D eigenvalue weighted by Crippen LogP contribution is 2.30. The van der Waals surface area contributed by atoms with Crippen LogP contribution in [0.25, 0.3) is 10.1 Å². The summed E-state index contributed by atoms with van der Waals surface area (Å²) in [5.74, 6) is 0. The van der Waals surface area contributed by atoms with Gasteiger partial charge in [-0.15, -0.1) is 11.3 Å². The molecule has 1 heterocycles. The van der Waals surface area contributed by atoms with Crippen LogP contribution in [0.15, 0.2) is 17.5 Å². The quantitative estimate of drug-likeness (QED) is 0.802. The SMILES string of the molecule is Cc1c(I)c(CO)cc2ccsc12. The monoisotopic (exact) mass is 304 g/mol. The third kappa shape index (κ3) is 1.49. The van der Waals surface area contributed by atoms with Crippen molar-refractivity contribution in [3.63, 3.8) is 0 Å². The number of hydrogen-bond acceptors (Lipinski definition) is 2. The second kappa shape index (κ2) is 3.55. The van der Waals surface area contributed by atoms with Gasteiger partial charge in [-0.25, -0.2) is 0 Å². The Balaban J connectivity index is 2.83. The summed E-state index contributed by atoms with van der Waals surface area (Å²) in [6, 6.07) is 4.17.